The Bertz CT molecular complexity index is 510. The van der Waals surface area contributed by atoms with Gasteiger partial charge in [-0.25, -0.2) is 4.79 Å². The fourth-order valence-corrected chi connectivity index (χ4v) is 1.55. The molecule has 17 heavy (non-hydrogen) atoms. The zero-order valence-corrected chi connectivity index (χ0v) is 9.64. The summed E-state index contributed by atoms with van der Waals surface area (Å²) in [4.78, 5) is 11.1. The third kappa shape index (κ3) is 3.52. The second-order valence-electron chi connectivity index (χ2n) is 3.75. The van der Waals surface area contributed by atoms with E-state index in [0.29, 0.717) is 18.1 Å². The SMILES string of the molecule is Cc1cc(OCCCc2ccco2)cc(=O)o1. The van der Waals surface area contributed by atoms with Crippen LogP contribution < -0.4 is 10.4 Å². The number of rotatable bonds is 5. The third-order valence-corrected chi connectivity index (χ3v) is 2.28. The normalized spacial score (nSPS) is 10.4. The van der Waals surface area contributed by atoms with E-state index in [1.165, 1.54) is 6.07 Å². The van der Waals surface area contributed by atoms with Crippen LogP contribution in [0, 0.1) is 6.92 Å². The van der Waals surface area contributed by atoms with Crippen molar-refractivity contribution in [3.63, 3.8) is 0 Å². The maximum atomic E-state index is 11.1. The van der Waals surface area contributed by atoms with E-state index in [1.54, 1.807) is 19.3 Å². The van der Waals surface area contributed by atoms with Gasteiger partial charge in [-0.1, -0.05) is 0 Å². The summed E-state index contributed by atoms with van der Waals surface area (Å²) in [6.07, 6.45) is 3.32. The quantitative estimate of drug-likeness (QED) is 0.746. The summed E-state index contributed by atoms with van der Waals surface area (Å²) >= 11 is 0. The van der Waals surface area contributed by atoms with E-state index in [9.17, 15) is 4.79 Å². The maximum absolute atomic E-state index is 11.1. The smallest absolute Gasteiger partial charge is 0.339 e. The molecule has 0 atom stereocenters. The molecule has 0 saturated carbocycles. The molecule has 0 N–H and O–H groups in total. The van der Waals surface area contributed by atoms with Crippen molar-refractivity contribution < 1.29 is 13.6 Å². The van der Waals surface area contributed by atoms with Gasteiger partial charge in [-0.3, -0.25) is 0 Å². The molecule has 0 saturated heterocycles. The molecule has 0 radical (unpaired) electrons. The average Bonchev–Trinajstić information content (AvgIpc) is 2.76. The molecule has 0 amide bonds. The van der Waals surface area contributed by atoms with Crippen molar-refractivity contribution in [2.24, 2.45) is 0 Å². The van der Waals surface area contributed by atoms with Crippen LogP contribution in [0.5, 0.6) is 5.75 Å². The van der Waals surface area contributed by atoms with Gasteiger partial charge in [0.05, 0.1) is 18.9 Å². The van der Waals surface area contributed by atoms with Crippen LogP contribution in [0.4, 0.5) is 0 Å². The van der Waals surface area contributed by atoms with Gasteiger partial charge < -0.3 is 13.6 Å². The fourth-order valence-electron chi connectivity index (χ4n) is 1.55. The van der Waals surface area contributed by atoms with E-state index in [0.717, 1.165) is 18.6 Å². The monoisotopic (exact) mass is 234 g/mol. The molecule has 0 aliphatic carbocycles. The highest BCUT2D eigenvalue weighted by molar-refractivity contribution is 5.19. The van der Waals surface area contributed by atoms with Crippen LogP contribution in [0.15, 0.2) is 44.2 Å². The van der Waals surface area contributed by atoms with Crippen molar-refractivity contribution >= 4 is 0 Å². The molecule has 2 aromatic rings. The second-order valence-corrected chi connectivity index (χ2v) is 3.75. The predicted molar refractivity (Wildman–Crippen MR) is 62.2 cm³/mol. The molecule has 0 bridgehead atoms. The van der Waals surface area contributed by atoms with Gasteiger partial charge in [0.15, 0.2) is 0 Å². The largest absolute Gasteiger partial charge is 0.493 e. The van der Waals surface area contributed by atoms with Gasteiger partial charge >= 0.3 is 5.63 Å². The van der Waals surface area contributed by atoms with Crippen molar-refractivity contribution in [1.29, 1.82) is 0 Å². The van der Waals surface area contributed by atoms with Gasteiger partial charge in [0.1, 0.15) is 17.3 Å². The number of aryl methyl sites for hydroxylation is 2. The van der Waals surface area contributed by atoms with Crippen LogP contribution >= 0.6 is 0 Å². The summed E-state index contributed by atoms with van der Waals surface area (Å²) in [6, 6.07) is 6.84. The summed E-state index contributed by atoms with van der Waals surface area (Å²) in [6.45, 7) is 2.26. The topological polar surface area (TPSA) is 52.6 Å². The van der Waals surface area contributed by atoms with E-state index in [-0.39, 0.29) is 5.63 Å². The predicted octanol–water partition coefficient (Wildman–Crippen LogP) is 2.55. The van der Waals surface area contributed by atoms with Crippen molar-refractivity contribution in [3.05, 3.63) is 52.5 Å². The van der Waals surface area contributed by atoms with Crippen molar-refractivity contribution in [2.75, 3.05) is 6.61 Å². The highest BCUT2D eigenvalue weighted by atomic mass is 16.5. The molecule has 2 heterocycles. The van der Waals surface area contributed by atoms with E-state index < -0.39 is 0 Å². The second kappa shape index (κ2) is 5.39. The zero-order valence-electron chi connectivity index (χ0n) is 9.64. The molecule has 2 rings (SSSR count). The van der Waals surface area contributed by atoms with Gasteiger partial charge in [-0.05, 0) is 25.5 Å². The van der Waals surface area contributed by atoms with Gasteiger partial charge in [-0.15, -0.1) is 0 Å². The van der Waals surface area contributed by atoms with Crippen molar-refractivity contribution in [1.82, 2.24) is 0 Å². The molecule has 0 aliphatic rings. The Morgan fingerprint density at radius 3 is 2.94 bits per heavy atom. The minimum Gasteiger partial charge on any atom is -0.493 e. The van der Waals surface area contributed by atoms with E-state index in [2.05, 4.69) is 0 Å². The molecular formula is C13H14O4. The Hall–Kier alpha value is -1.97. The average molecular weight is 234 g/mol. The van der Waals surface area contributed by atoms with Crippen LogP contribution in [0.25, 0.3) is 0 Å². The standard InChI is InChI=1S/C13H14O4/c1-10-8-12(9-13(14)17-10)16-7-3-5-11-4-2-6-15-11/h2,4,6,8-9H,3,5,7H2,1H3. The third-order valence-electron chi connectivity index (χ3n) is 2.28. The van der Waals surface area contributed by atoms with Crippen LogP contribution in [-0.4, -0.2) is 6.61 Å². The van der Waals surface area contributed by atoms with Crippen LogP contribution in [-0.2, 0) is 6.42 Å². The van der Waals surface area contributed by atoms with Crippen LogP contribution in [0.2, 0.25) is 0 Å². The number of hydrogen-bond donors (Lipinski definition) is 0. The molecule has 0 aromatic carbocycles. The lowest BCUT2D eigenvalue weighted by Gasteiger charge is -2.04. The van der Waals surface area contributed by atoms with E-state index in [4.69, 9.17) is 13.6 Å². The first-order chi connectivity index (χ1) is 8.24. The van der Waals surface area contributed by atoms with Crippen LogP contribution in [0.1, 0.15) is 17.9 Å². The number of hydrogen-bond acceptors (Lipinski definition) is 4. The molecule has 0 fully saturated rings. The Labute approximate surface area is 98.8 Å². The number of furan rings is 1. The zero-order chi connectivity index (χ0) is 12.1. The maximum Gasteiger partial charge on any atom is 0.339 e. The molecule has 0 unspecified atom stereocenters. The molecule has 90 valence electrons. The molecule has 2 aromatic heterocycles. The van der Waals surface area contributed by atoms with Crippen molar-refractivity contribution in [2.45, 2.75) is 19.8 Å². The number of ether oxygens (including phenoxy) is 1. The molecular weight excluding hydrogens is 220 g/mol. The van der Waals surface area contributed by atoms with Gasteiger partial charge in [0.2, 0.25) is 0 Å². The Morgan fingerprint density at radius 2 is 2.24 bits per heavy atom. The van der Waals surface area contributed by atoms with Gasteiger partial charge in [0.25, 0.3) is 0 Å². The summed E-state index contributed by atoms with van der Waals surface area (Å²) in [5, 5.41) is 0. The summed E-state index contributed by atoms with van der Waals surface area (Å²) in [5.41, 5.74) is -0.383. The first-order valence-corrected chi connectivity index (χ1v) is 5.51. The van der Waals surface area contributed by atoms with Crippen molar-refractivity contribution in [3.8, 4) is 5.75 Å². The fraction of sp³-hybridized carbons (Fsp3) is 0.308. The molecule has 0 spiro atoms. The molecule has 4 nitrogen and oxygen atoms in total. The minimum absolute atomic E-state index is 0.383. The molecule has 0 aliphatic heterocycles. The van der Waals surface area contributed by atoms with E-state index >= 15 is 0 Å². The van der Waals surface area contributed by atoms with Gasteiger partial charge in [-0.2, -0.15) is 0 Å². The summed E-state index contributed by atoms with van der Waals surface area (Å²) in [7, 11) is 0. The summed E-state index contributed by atoms with van der Waals surface area (Å²) < 4.78 is 15.5. The lowest BCUT2D eigenvalue weighted by Crippen LogP contribution is -2.03. The summed E-state index contributed by atoms with van der Waals surface area (Å²) in [5.74, 6) is 2.05. The lowest BCUT2D eigenvalue weighted by atomic mass is 10.2. The minimum atomic E-state index is -0.383. The Morgan fingerprint density at radius 1 is 1.35 bits per heavy atom. The Kier molecular flexibility index (Phi) is 3.65. The molecule has 4 heteroatoms. The first kappa shape index (κ1) is 11.5. The van der Waals surface area contributed by atoms with Gasteiger partial charge in [0, 0.05) is 12.5 Å². The van der Waals surface area contributed by atoms with Crippen LogP contribution in [0.3, 0.4) is 0 Å². The first-order valence-electron chi connectivity index (χ1n) is 5.51. The van der Waals surface area contributed by atoms with E-state index in [1.807, 2.05) is 12.1 Å². The highest BCUT2D eigenvalue weighted by Gasteiger charge is 2.00. The Balaban J connectivity index is 1.80. The lowest BCUT2D eigenvalue weighted by molar-refractivity contribution is 0.301. The highest BCUT2D eigenvalue weighted by Crippen LogP contribution is 2.10.